The molecule has 4 rings (SSSR count). The summed E-state index contributed by atoms with van der Waals surface area (Å²) < 4.78 is 44.7. The molecule has 2 aromatic rings. The van der Waals surface area contributed by atoms with Gasteiger partial charge in [-0.25, -0.2) is 13.8 Å². The van der Waals surface area contributed by atoms with Gasteiger partial charge in [0.1, 0.15) is 24.2 Å². The van der Waals surface area contributed by atoms with Crippen molar-refractivity contribution in [2.24, 2.45) is 16.8 Å². The molecular formula is C41H55ClF2N4O2S. The molecule has 10 heteroatoms. The highest BCUT2D eigenvalue weighted by molar-refractivity contribution is 7.19. The van der Waals surface area contributed by atoms with Crippen LogP contribution in [-0.2, 0) is 9.47 Å². The Balaban J connectivity index is 1.87. The molecule has 1 fully saturated rings. The number of methoxy groups -OCH3 is 1. The molecule has 6 nitrogen and oxygen atoms in total. The van der Waals surface area contributed by atoms with Gasteiger partial charge in [0.25, 0.3) is 0 Å². The average molecular weight is 741 g/mol. The first kappa shape index (κ1) is 40.7. The van der Waals surface area contributed by atoms with Gasteiger partial charge in [-0.15, -0.1) is 11.3 Å². The Morgan fingerprint density at radius 3 is 2.49 bits per heavy atom. The van der Waals surface area contributed by atoms with E-state index < -0.39 is 11.6 Å². The van der Waals surface area contributed by atoms with E-state index in [0.29, 0.717) is 45.2 Å². The predicted molar refractivity (Wildman–Crippen MR) is 209 cm³/mol. The van der Waals surface area contributed by atoms with E-state index in [2.05, 4.69) is 57.1 Å². The van der Waals surface area contributed by atoms with Gasteiger partial charge >= 0.3 is 0 Å². The summed E-state index contributed by atoms with van der Waals surface area (Å²) in [6.45, 7) is 23.0. The summed E-state index contributed by atoms with van der Waals surface area (Å²) in [7, 11) is 3.76. The molecule has 4 unspecified atom stereocenters. The van der Waals surface area contributed by atoms with E-state index in [1.807, 2.05) is 27.8 Å². The van der Waals surface area contributed by atoms with Crippen LogP contribution in [0.2, 0.25) is 0 Å². The number of halogens is 3. The van der Waals surface area contributed by atoms with Gasteiger partial charge < -0.3 is 14.4 Å². The number of likely N-dealkylation sites (N-methyl/N-ethyl adjacent to an activating group) is 1. The zero-order chi connectivity index (χ0) is 37.7. The minimum atomic E-state index is -0.680. The monoisotopic (exact) mass is 740 g/mol. The third-order valence-corrected chi connectivity index (χ3v) is 12.5. The number of allylic oxidation sites excluding steroid dienone is 6. The number of nitrogens with zero attached hydrogens (tertiary/aromatic N) is 4. The number of hydrogen-bond donors (Lipinski definition) is 0. The second-order valence-electron chi connectivity index (χ2n) is 14.6. The lowest BCUT2D eigenvalue weighted by atomic mass is 9.88. The van der Waals surface area contributed by atoms with Gasteiger partial charge in [0.05, 0.1) is 21.4 Å². The number of thiophene rings is 1. The molecule has 0 amide bonds. The Morgan fingerprint density at radius 2 is 1.90 bits per heavy atom. The fraction of sp³-hybridized carbons (Fsp3) is 0.561. The summed E-state index contributed by atoms with van der Waals surface area (Å²) in [6.07, 6.45) is 5.84. The van der Waals surface area contributed by atoms with Crippen LogP contribution < -0.4 is 0 Å². The van der Waals surface area contributed by atoms with E-state index >= 15 is 8.78 Å². The molecule has 1 aromatic carbocycles. The minimum Gasteiger partial charge on any atom is -0.476 e. The number of nitriles is 1. The Hall–Kier alpha value is -3.03. The van der Waals surface area contributed by atoms with Crippen LogP contribution in [0.25, 0.3) is 15.7 Å². The van der Waals surface area contributed by atoms with Gasteiger partial charge in [-0.1, -0.05) is 72.6 Å². The minimum absolute atomic E-state index is 0.0253. The van der Waals surface area contributed by atoms with Crippen molar-refractivity contribution in [1.82, 2.24) is 9.80 Å². The quantitative estimate of drug-likeness (QED) is 0.170. The molecule has 4 atom stereocenters. The number of benzene rings is 1. The van der Waals surface area contributed by atoms with E-state index in [1.165, 1.54) is 23.5 Å². The number of likely N-dealkylation sites (tertiary alicyclic amines) is 1. The summed E-state index contributed by atoms with van der Waals surface area (Å²) in [5.74, 6) is -0.162. The standard InChI is InChI=1S/C41H55ClF2N4O2S/c1-12-25(7)14-17-35(23(3)4)47(10)26(8)31-19-33(42)37(30-15-16-34(43)41-36(30)32(20-45)40(51-41)24(5)6)38(44)39(31)46-27(9)50-22-28-18-29(49-11)21-48(28)13-2/h15-16,19,23-25,28-29,35H,9,12-14,17-18,21-22H2,1-8,10-11H3/b31-26+,46-39+. The van der Waals surface area contributed by atoms with E-state index in [-0.39, 0.29) is 46.3 Å². The molecule has 0 bridgehead atoms. The molecule has 0 saturated carbocycles. The van der Waals surface area contributed by atoms with Gasteiger partial charge in [0.2, 0.25) is 5.88 Å². The van der Waals surface area contributed by atoms with E-state index in [0.717, 1.165) is 49.3 Å². The summed E-state index contributed by atoms with van der Waals surface area (Å²) in [4.78, 5) is 9.97. The first-order valence-corrected chi connectivity index (χ1v) is 19.4. The van der Waals surface area contributed by atoms with Gasteiger partial charge in [-0.3, -0.25) is 4.90 Å². The summed E-state index contributed by atoms with van der Waals surface area (Å²) in [5.41, 5.74) is 2.11. The number of hydrogen-bond acceptors (Lipinski definition) is 7. The van der Waals surface area contributed by atoms with E-state index in [1.54, 1.807) is 13.2 Å². The number of ether oxygens (including phenoxy) is 2. The first-order chi connectivity index (χ1) is 24.2. The van der Waals surface area contributed by atoms with E-state index in [4.69, 9.17) is 26.1 Å². The smallest absolute Gasteiger partial charge is 0.206 e. The topological polar surface area (TPSA) is 61.1 Å². The number of fused-ring (bicyclic) bond motifs is 1. The average Bonchev–Trinajstić information content (AvgIpc) is 3.71. The number of rotatable bonds is 15. The van der Waals surface area contributed by atoms with Crippen LogP contribution in [0, 0.1) is 29.0 Å². The van der Waals surface area contributed by atoms with Crippen molar-refractivity contribution in [3.8, 4) is 6.07 Å². The van der Waals surface area contributed by atoms with Crippen LogP contribution >= 0.6 is 22.9 Å². The largest absolute Gasteiger partial charge is 0.476 e. The molecule has 1 aromatic heterocycles. The first-order valence-electron chi connectivity index (χ1n) is 18.2. The molecule has 1 aliphatic heterocycles. The van der Waals surface area contributed by atoms with Crippen molar-refractivity contribution >= 4 is 44.3 Å². The molecular weight excluding hydrogens is 686 g/mol. The molecule has 2 aliphatic rings. The molecule has 278 valence electrons. The summed E-state index contributed by atoms with van der Waals surface area (Å²) in [6, 6.07) is 5.39. The van der Waals surface area contributed by atoms with Crippen molar-refractivity contribution in [3.05, 3.63) is 74.6 Å². The fourth-order valence-electron chi connectivity index (χ4n) is 7.25. The van der Waals surface area contributed by atoms with Gasteiger partial charge in [0.15, 0.2) is 5.83 Å². The van der Waals surface area contributed by atoms with Gasteiger partial charge in [-0.05, 0) is 74.8 Å². The molecule has 0 N–H and O–H groups in total. The zero-order valence-corrected chi connectivity index (χ0v) is 33.6. The lowest BCUT2D eigenvalue weighted by Crippen LogP contribution is -2.36. The normalized spacial score (nSPS) is 21.5. The molecule has 1 aliphatic carbocycles. The third kappa shape index (κ3) is 8.79. The van der Waals surface area contributed by atoms with Crippen LogP contribution in [0.3, 0.4) is 0 Å². The maximum absolute atomic E-state index is 17.4. The van der Waals surface area contributed by atoms with Crippen LogP contribution in [-0.4, -0.2) is 67.6 Å². The Kier molecular flexibility index (Phi) is 14.1. The summed E-state index contributed by atoms with van der Waals surface area (Å²) in [5, 5.41) is 10.8. The van der Waals surface area contributed by atoms with E-state index in [9.17, 15) is 5.26 Å². The Bertz CT molecular complexity index is 1770. The lowest BCUT2D eigenvalue weighted by Gasteiger charge is -2.36. The fourth-order valence-corrected chi connectivity index (χ4v) is 8.73. The highest BCUT2D eigenvalue weighted by Gasteiger charge is 2.34. The predicted octanol–water partition coefficient (Wildman–Crippen LogP) is 10.9. The highest BCUT2D eigenvalue weighted by Crippen LogP contribution is 2.46. The molecule has 1 saturated heterocycles. The highest BCUT2D eigenvalue weighted by atomic mass is 35.5. The maximum Gasteiger partial charge on any atom is 0.206 e. The van der Waals surface area contributed by atoms with Crippen molar-refractivity contribution in [2.75, 3.05) is 33.9 Å². The van der Waals surface area contributed by atoms with Crippen molar-refractivity contribution in [3.63, 3.8) is 0 Å². The van der Waals surface area contributed by atoms with Gasteiger partial charge in [-0.2, -0.15) is 5.26 Å². The molecule has 2 heterocycles. The van der Waals surface area contributed by atoms with Crippen LogP contribution in [0.1, 0.15) is 103 Å². The van der Waals surface area contributed by atoms with Crippen molar-refractivity contribution in [1.29, 1.82) is 5.26 Å². The Morgan fingerprint density at radius 1 is 1.20 bits per heavy atom. The summed E-state index contributed by atoms with van der Waals surface area (Å²) >= 11 is 8.27. The second kappa shape index (κ2) is 17.7. The molecule has 0 spiro atoms. The zero-order valence-electron chi connectivity index (χ0n) is 32.0. The maximum atomic E-state index is 17.4. The van der Waals surface area contributed by atoms with Crippen LogP contribution in [0.15, 0.2) is 57.8 Å². The van der Waals surface area contributed by atoms with Crippen molar-refractivity contribution < 1.29 is 18.3 Å². The molecule has 0 radical (unpaired) electrons. The molecule has 51 heavy (non-hydrogen) atoms. The van der Waals surface area contributed by atoms with Crippen LogP contribution in [0.4, 0.5) is 8.78 Å². The third-order valence-electron chi connectivity index (χ3n) is 10.7. The lowest BCUT2D eigenvalue weighted by molar-refractivity contribution is 0.109. The number of aliphatic imine (C=N–C) groups is 1. The van der Waals surface area contributed by atoms with Crippen molar-refractivity contribution in [2.45, 2.75) is 105 Å². The Labute approximate surface area is 313 Å². The SMILES string of the molecule is C=C(/N=C1/C(F)=C(c2ccc(F)c3sc(C(C)C)c(C#N)c23)C(Cl)=C/C1=C(/C)N(C)C(CCC(C)CC)C(C)C)OCC1CC(OC)CN1CC. The second-order valence-corrected chi connectivity index (χ2v) is 16.1. The van der Waals surface area contributed by atoms with Gasteiger partial charge in [0, 0.05) is 59.9 Å². The van der Waals surface area contributed by atoms with Crippen LogP contribution in [0.5, 0.6) is 0 Å².